The van der Waals surface area contributed by atoms with E-state index in [1.54, 1.807) is 0 Å². The van der Waals surface area contributed by atoms with E-state index in [4.69, 9.17) is 9.84 Å². The lowest BCUT2D eigenvalue weighted by Gasteiger charge is -2.45. The molecule has 0 spiro atoms. The van der Waals surface area contributed by atoms with E-state index in [9.17, 15) is 20.4 Å². The molecule has 6 heteroatoms. The van der Waals surface area contributed by atoms with Crippen LogP contribution in [-0.4, -0.2) is 68.3 Å². The van der Waals surface area contributed by atoms with Crippen molar-refractivity contribution >= 4 is 0 Å². The summed E-state index contributed by atoms with van der Waals surface area (Å²) in [6.45, 7) is 14.6. The number of aliphatic hydroxyl groups excluding tert-OH is 3. The van der Waals surface area contributed by atoms with Gasteiger partial charge in [0.2, 0.25) is 0 Å². The van der Waals surface area contributed by atoms with Crippen molar-refractivity contribution < 1.29 is 30.3 Å². The zero-order valence-electron chi connectivity index (χ0n) is 26.6. The molecule has 0 bridgehead atoms. The molecule has 5 N–H and O–H groups in total. The van der Waals surface area contributed by atoms with Gasteiger partial charge in [0, 0.05) is 19.6 Å². The maximum Gasteiger partial charge on any atom is 0.114 e. The molecule has 0 saturated heterocycles. The fourth-order valence-electron chi connectivity index (χ4n) is 8.13. The molecule has 3 saturated carbocycles. The summed E-state index contributed by atoms with van der Waals surface area (Å²) in [5.74, 6) is 1.77. The van der Waals surface area contributed by atoms with Crippen molar-refractivity contribution in [1.82, 2.24) is 0 Å². The van der Waals surface area contributed by atoms with Crippen LogP contribution in [0.4, 0.5) is 0 Å². The van der Waals surface area contributed by atoms with Crippen molar-refractivity contribution in [3.05, 3.63) is 35.5 Å². The molecular weight excluding hydrogens is 516 g/mol. The molecule has 0 aromatic rings. The Morgan fingerprint density at radius 3 is 2.22 bits per heavy atom. The predicted octanol–water partition coefficient (Wildman–Crippen LogP) is 6.00. The Bertz CT molecular complexity index is 889. The van der Waals surface area contributed by atoms with Gasteiger partial charge in [-0.2, -0.15) is 0 Å². The number of aliphatic hydroxyl groups is 5. The molecule has 41 heavy (non-hydrogen) atoms. The van der Waals surface area contributed by atoms with Crippen LogP contribution in [0.3, 0.4) is 0 Å². The third kappa shape index (κ3) is 9.48. The molecule has 0 aromatic carbocycles. The fourth-order valence-corrected chi connectivity index (χ4v) is 8.13. The predicted molar refractivity (Wildman–Crippen MR) is 165 cm³/mol. The summed E-state index contributed by atoms with van der Waals surface area (Å²) in [4.78, 5) is 0. The van der Waals surface area contributed by atoms with Gasteiger partial charge in [-0.05, 0) is 113 Å². The van der Waals surface area contributed by atoms with Crippen molar-refractivity contribution in [2.75, 3.05) is 13.2 Å². The summed E-state index contributed by atoms with van der Waals surface area (Å²) in [5.41, 5.74) is 1.96. The largest absolute Gasteiger partial charge is 0.396 e. The first kappa shape index (κ1) is 34.5. The molecule has 3 aliphatic rings. The fraction of sp³-hybridized carbons (Fsp3) is 0.829. The van der Waals surface area contributed by atoms with Gasteiger partial charge in [-0.15, -0.1) is 0 Å². The molecule has 3 aliphatic carbocycles. The zero-order valence-corrected chi connectivity index (χ0v) is 26.6. The highest BCUT2D eigenvalue weighted by Gasteiger charge is 2.51. The van der Waals surface area contributed by atoms with Crippen molar-refractivity contribution in [3.63, 3.8) is 0 Å². The second-order valence-corrected chi connectivity index (χ2v) is 14.9. The van der Waals surface area contributed by atoms with Gasteiger partial charge in [0.25, 0.3) is 0 Å². The van der Waals surface area contributed by atoms with Gasteiger partial charge in [-0.1, -0.05) is 56.9 Å². The Labute approximate surface area is 249 Å². The van der Waals surface area contributed by atoms with Gasteiger partial charge in [0.1, 0.15) is 12.2 Å². The summed E-state index contributed by atoms with van der Waals surface area (Å²) in [6, 6.07) is 0. The average molecular weight is 577 g/mol. The Hall–Kier alpha value is -1.02. The second kappa shape index (κ2) is 14.6. The van der Waals surface area contributed by atoms with Crippen molar-refractivity contribution in [1.29, 1.82) is 0 Å². The SMILES string of the molecule is C=C1/C(=C\C=C2/CCC[C@@]3(C)C2CC[C@@H]3C(CCCC(C)(C)O)CCCC(C)(C)O)C[C@@H](O)[C@H](OCCCO)[C@@H]1O. The first-order chi connectivity index (χ1) is 19.2. The molecule has 3 rings (SSSR count). The van der Waals surface area contributed by atoms with Crippen molar-refractivity contribution in [2.24, 2.45) is 23.2 Å². The van der Waals surface area contributed by atoms with Gasteiger partial charge in [0.05, 0.1) is 17.3 Å². The highest BCUT2D eigenvalue weighted by Crippen LogP contribution is 2.60. The Kier molecular flexibility index (Phi) is 12.3. The summed E-state index contributed by atoms with van der Waals surface area (Å²) in [5, 5.41) is 51.2. The highest BCUT2D eigenvalue weighted by molar-refractivity contribution is 5.40. The van der Waals surface area contributed by atoms with Crippen LogP contribution in [0.5, 0.6) is 0 Å². The number of rotatable bonds is 14. The minimum atomic E-state index is -0.955. The molecule has 0 heterocycles. The minimum Gasteiger partial charge on any atom is -0.396 e. The molecule has 6 nitrogen and oxygen atoms in total. The highest BCUT2D eigenvalue weighted by atomic mass is 16.5. The van der Waals surface area contributed by atoms with Crippen LogP contribution in [0.15, 0.2) is 35.5 Å². The van der Waals surface area contributed by atoms with Gasteiger partial charge < -0.3 is 30.3 Å². The molecular formula is C35H60O6. The van der Waals surface area contributed by atoms with Crippen LogP contribution in [0.2, 0.25) is 0 Å². The van der Waals surface area contributed by atoms with Crippen LogP contribution in [0.1, 0.15) is 118 Å². The molecule has 3 fully saturated rings. The van der Waals surface area contributed by atoms with Crippen LogP contribution < -0.4 is 0 Å². The lowest BCUT2D eigenvalue weighted by atomic mass is 9.60. The lowest BCUT2D eigenvalue weighted by Crippen LogP contribution is -2.45. The smallest absolute Gasteiger partial charge is 0.114 e. The van der Waals surface area contributed by atoms with Crippen LogP contribution in [0, 0.1) is 23.2 Å². The summed E-state index contributed by atoms with van der Waals surface area (Å²) in [6.07, 6.45) is 14.6. The van der Waals surface area contributed by atoms with Crippen LogP contribution in [0.25, 0.3) is 0 Å². The number of fused-ring (bicyclic) bond motifs is 1. The first-order valence-corrected chi connectivity index (χ1v) is 16.3. The quantitative estimate of drug-likeness (QED) is 0.162. The Morgan fingerprint density at radius 1 is 1.00 bits per heavy atom. The topological polar surface area (TPSA) is 110 Å². The van der Waals surface area contributed by atoms with E-state index in [1.807, 2.05) is 27.7 Å². The number of hydrogen-bond acceptors (Lipinski definition) is 6. The number of hydrogen-bond donors (Lipinski definition) is 5. The Morgan fingerprint density at radius 2 is 1.63 bits per heavy atom. The van der Waals surface area contributed by atoms with E-state index >= 15 is 0 Å². The number of allylic oxidation sites excluding steroid dienone is 3. The normalized spacial score (nSPS) is 33.2. The monoisotopic (exact) mass is 576 g/mol. The van der Waals surface area contributed by atoms with Crippen LogP contribution >= 0.6 is 0 Å². The molecule has 0 radical (unpaired) electrons. The van der Waals surface area contributed by atoms with Crippen molar-refractivity contribution in [3.8, 4) is 0 Å². The van der Waals surface area contributed by atoms with E-state index < -0.39 is 29.5 Å². The third-order valence-electron chi connectivity index (χ3n) is 10.3. The molecule has 6 atom stereocenters. The van der Waals surface area contributed by atoms with E-state index in [0.29, 0.717) is 42.8 Å². The van der Waals surface area contributed by atoms with Crippen LogP contribution in [-0.2, 0) is 4.74 Å². The van der Waals surface area contributed by atoms with Gasteiger partial charge in [-0.25, -0.2) is 0 Å². The van der Waals surface area contributed by atoms with Crippen molar-refractivity contribution in [2.45, 2.75) is 148 Å². The lowest BCUT2D eigenvalue weighted by molar-refractivity contribution is -0.0968. The zero-order chi connectivity index (χ0) is 30.4. The molecule has 0 aromatic heterocycles. The number of ether oxygens (including phenoxy) is 1. The summed E-state index contributed by atoms with van der Waals surface area (Å²) >= 11 is 0. The Balaban J connectivity index is 1.74. The average Bonchev–Trinajstić information content (AvgIpc) is 3.22. The molecule has 236 valence electrons. The molecule has 1 unspecified atom stereocenters. The van der Waals surface area contributed by atoms with E-state index in [1.165, 1.54) is 31.3 Å². The standard InChI is InChI=1S/C35H60O6/c1-24-27(23-30(37)32(31(24)38)41-22-10-21-36)15-14-26-13-9-20-35(6)28(16-17-29(26)35)25(11-7-18-33(2,3)39)12-8-19-34(4,5)40/h14-15,25,28-32,36-40H,1,7-13,16-23H2,2-6H3/b26-14+,27-15-/t28-,29?,30-,31-,32+,35-/m1/s1. The van der Waals surface area contributed by atoms with Gasteiger partial charge in [-0.3, -0.25) is 0 Å². The molecule has 0 amide bonds. The van der Waals surface area contributed by atoms with Gasteiger partial charge in [0.15, 0.2) is 0 Å². The van der Waals surface area contributed by atoms with Gasteiger partial charge >= 0.3 is 0 Å². The van der Waals surface area contributed by atoms with E-state index in [-0.39, 0.29) is 12.0 Å². The second-order valence-electron chi connectivity index (χ2n) is 14.9. The minimum absolute atomic E-state index is 0.0158. The first-order valence-electron chi connectivity index (χ1n) is 16.3. The van der Waals surface area contributed by atoms with E-state index in [0.717, 1.165) is 50.5 Å². The maximum absolute atomic E-state index is 10.8. The van der Waals surface area contributed by atoms with E-state index in [2.05, 4.69) is 25.7 Å². The summed E-state index contributed by atoms with van der Waals surface area (Å²) in [7, 11) is 0. The maximum atomic E-state index is 10.8. The third-order valence-corrected chi connectivity index (χ3v) is 10.3. The summed E-state index contributed by atoms with van der Waals surface area (Å²) < 4.78 is 5.67. The molecule has 0 aliphatic heterocycles.